The average Bonchev–Trinajstić information content (AvgIpc) is 2.48. The molecule has 6 heteroatoms. The van der Waals surface area contributed by atoms with Crippen molar-refractivity contribution >= 4 is 15.8 Å². The molecule has 5 nitrogen and oxygen atoms in total. The molecule has 2 unspecified atom stereocenters. The van der Waals surface area contributed by atoms with Gasteiger partial charge in [-0.1, -0.05) is 43.2 Å². The highest BCUT2D eigenvalue weighted by Crippen LogP contribution is 2.27. The first-order chi connectivity index (χ1) is 11.0. The van der Waals surface area contributed by atoms with Crippen LogP contribution in [0.25, 0.3) is 0 Å². The summed E-state index contributed by atoms with van der Waals surface area (Å²) in [4.78, 5) is 10.5. The maximum atomic E-state index is 11.6. The van der Waals surface area contributed by atoms with E-state index in [1.165, 1.54) is 12.0 Å². The van der Waals surface area contributed by atoms with Crippen LogP contribution in [0.4, 0.5) is 0 Å². The third-order valence-corrected chi connectivity index (χ3v) is 5.93. The molecule has 0 spiro atoms. The highest BCUT2D eigenvalue weighted by atomic mass is 32.2. The summed E-state index contributed by atoms with van der Waals surface area (Å²) < 4.78 is 23.3. The molecule has 0 bridgehead atoms. The fourth-order valence-electron chi connectivity index (χ4n) is 3.30. The van der Waals surface area contributed by atoms with Crippen LogP contribution in [0.15, 0.2) is 30.3 Å². The maximum Gasteiger partial charge on any atom is 0.318 e. The van der Waals surface area contributed by atoms with Crippen molar-refractivity contribution < 1.29 is 18.3 Å². The second-order valence-corrected chi connectivity index (χ2v) is 8.46. The second kappa shape index (κ2) is 8.45. The number of hydrogen-bond donors (Lipinski definition) is 2. The molecule has 0 heterocycles. The number of rotatable bonds is 8. The summed E-state index contributed by atoms with van der Waals surface area (Å²) in [6.07, 6.45) is 5.57. The van der Waals surface area contributed by atoms with Crippen molar-refractivity contribution in [3.05, 3.63) is 35.9 Å². The van der Waals surface area contributed by atoms with Crippen LogP contribution in [0.2, 0.25) is 0 Å². The van der Waals surface area contributed by atoms with Crippen LogP contribution in [0.5, 0.6) is 0 Å². The largest absolute Gasteiger partial charge is 0.480 e. The van der Waals surface area contributed by atoms with Crippen molar-refractivity contribution in [1.82, 2.24) is 5.32 Å². The van der Waals surface area contributed by atoms with Crippen molar-refractivity contribution in [3.63, 3.8) is 0 Å². The Morgan fingerprint density at radius 1 is 1.17 bits per heavy atom. The molecule has 2 N–H and O–H groups in total. The lowest BCUT2D eigenvalue weighted by atomic mass is 9.80. The van der Waals surface area contributed by atoms with Crippen LogP contribution < -0.4 is 5.32 Å². The van der Waals surface area contributed by atoms with E-state index in [4.69, 9.17) is 5.11 Å². The van der Waals surface area contributed by atoms with Gasteiger partial charge in [0.05, 0.1) is 5.75 Å². The van der Waals surface area contributed by atoms with Gasteiger partial charge in [-0.2, -0.15) is 0 Å². The first kappa shape index (κ1) is 17.9. The number of sulfone groups is 1. The number of carboxylic acid groups (broad SMARTS) is 1. The minimum atomic E-state index is -3.52. The molecular weight excluding hydrogens is 314 g/mol. The Morgan fingerprint density at radius 2 is 1.87 bits per heavy atom. The van der Waals surface area contributed by atoms with Crippen LogP contribution in [0.1, 0.15) is 31.2 Å². The fourth-order valence-corrected chi connectivity index (χ4v) is 4.25. The number of aliphatic carboxylic acids is 1. The summed E-state index contributed by atoms with van der Waals surface area (Å²) >= 11 is 0. The number of benzene rings is 1. The minimum Gasteiger partial charge on any atom is -0.480 e. The summed E-state index contributed by atoms with van der Waals surface area (Å²) in [7, 11) is -3.52. The monoisotopic (exact) mass is 339 g/mol. The zero-order chi connectivity index (χ0) is 16.7. The predicted molar refractivity (Wildman–Crippen MR) is 90.2 cm³/mol. The lowest BCUT2D eigenvalue weighted by molar-refractivity contribution is -0.134. The van der Waals surface area contributed by atoms with Gasteiger partial charge < -0.3 is 10.4 Å². The van der Waals surface area contributed by atoms with Crippen LogP contribution in [0.3, 0.4) is 0 Å². The van der Waals surface area contributed by atoms with E-state index in [0.29, 0.717) is 18.5 Å². The van der Waals surface area contributed by atoms with Gasteiger partial charge in [0.1, 0.15) is 5.75 Å². The van der Waals surface area contributed by atoms with Crippen molar-refractivity contribution in [2.75, 3.05) is 18.1 Å². The Morgan fingerprint density at radius 3 is 2.57 bits per heavy atom. The lowest BCUT2D eigenvalue weighted by Crippen LogP contribution is -2.42. The third kappa shape index (κ3) is 6.31. The Balaban J connectivity index is 1.85. The lowest BCUT2D eigenvalue weighted by Gasteiger charge is -2.32. The molecular formula is C17H25NO4S. The standard InChI is InChI=1S/C17H25NO4S/c19-17(20)13-23(21,22)11-10-18-16-9-5-4-8-15(16)12-14-6-2-1-3-7-14/h1-3,6-7,15-16,18H,4-5,8-13H2,(H,19,20). The van der Waals surface area contributed by atoms with Gasteiger partial charge in [-0.15, -0.1) is 0 Å². The van der Waals surface area contributed by atoms with E-state index in [1.807, 2.05) is 18.2 Å². The van der Waals surface area contributed by atoms with Gasteiger partial charge in [0, 0.05) is 12.6 Å². The number of carbonyl (C=O) groups is 1. The van der Waals surface area contributed by atoms with E-state index in [0.717, 1.165) is 25.7 Å². The normalized spacial score (nSPS) is 21.9. The molecule has 1 aromatic rings. The van der Waals surface area contributed by atoms with E-state index >= 15 is 0 Å². The highest BCUT2D eigenvalue weighted by molar-refractivity contribution is 7.92. The summed E-state index contributed by atoms with van der Waals surface area (Å²) in [5.74, 6) is -1.68. The molecule has 0 saturated heterocycles. The summed E-state index contributed by atoms with van der Waals surface area (Å²) in [6, 6.07) is 10.7. The molecule has 1 aliphatic carbocycles. The Hall–Kier alpha value is -1.40. The maximum absolute atomic E-state index is 11.6. The van der Waals surface area contributed by atoms with Gasteiger partial charge in [-0.05, 0) is 30.7 Å². The number of carboxylic acids is 1. The van der Waals surface area contributed by atoms with Gasteiger partial charge in [-0.3, -0.25) is 4.79 Å². The Labute approximate surface area is 138 Å². The van der Waals surface area contributed by atoms with Gasteiger partial charge in [0.25, 0.3) is 0 Å². The molecule has 2 rings (SSSR count). The zero-order valence-corrected chi connectivity index (χ0v) is 14.1. The SMILES string of the molecule is O=C(O)CS(=O)(=O)CCNC1CCCCC1Cc1ccccc1. The molecule has 0 amide bonds. The molecule has 1 fully saturated rings. The molecule has 0 radical (unpaired) electrons. The van der Waals surface area contributed by atoms with Gasteiger partial charge >= 0.3 is 5.97 Å². The minimum absolute atomic E-state index is 0.117. The molecule has 1 aliphatic rings. The first-order valence-corrected chi connectivity index (χ1v) is 9.98. The topological polar surface area (TPSA) is 83.5 Å². The van der Waals surface area contributed by atoms with Crippen molar-refractivity contribution in [2.45, 2.75) is 38.1 Å². The van der Waals surface area contributed by atoms with E-state index < -0.39 is 21.6 Å². The van der Waals surface area contributed by atoms with E-state index in [-0.39, 0.29) is 5.75 Å². The van der Waals surface area contributed by atoms with Crippen LogP contribution >= 0.6 is 0 Å². The predicted octanol–water partition coefficient (Wildman–Crippen LogP) is 1.88. The zero-order valence-electron chi connectivity index (χ0n) is 13.3. The van der Waals surface area contributed by atoms with Crippen molar-refractivity contribution in [1.29, 1.82) is 0 Å². The molecule has 128 valence electrons. The Bertz CT molecular complexity index is 600. The number of hydrogen-bond acceptors (Lipinski definition) is 4. The third-order valence-electron chi connectivity index (χ3n) is 4.41. The smallest absolute Gasteiger partial charge is 0.318 e. The highest BCUT2D eigenvalue weighted by Gasteiger charge is 2.25. The molecule has 1 aromatic carbocycles. The number of nitrogens with one attached hydrogen (secondary N) is 1. The van der Waals surface area contributed by atoms with Crippen LogP contribution in [0, 0.1) is 5.92 Å². The second-order valence-electron chi connectivity index (χ2n) is 6.28. The summed E-state index contributed by atoms with van der Waals surface area (Å²) in [5.41, 5.74) is 1.31. The average molecular weight is 339 g/mol. The molecule has 0 aliphatic heterocycles. The Kier molecular flexibility index (Phi) is 6.59. The quantitative estimate of drug-likeness (QED) is 0.755. The van der Waals surface area contributed by atoms with Crippen molar-refractivity contribution in [2.24, 2.45) is 5.92 Å². The first-order valence-electron chi connectivity index (χ1n) is 8.16. The van der Waals surface area contributed by atoms with Crippen LogP contribution in [-0.4, -0.2) is 43.6 Å². The van der Waals surface area contributed by atoms with Crippen molar-refractivity contribution in [3.8, 4) is 0 Å². The van der Waals surface area contributed by atoms with E-state index in [2.05, 4.69) is 17.4 Å². The fraction of sp³-hybridized carbons (Fsp3) is 0.588. The van der Waals surface area contributed by atoms with Gasteiger partial charge in [0.15, 0.2) is 9.84 Å². The summed E-state index contributed by atoms with van der Waals surface area (Å²) in [5, 5.41) is 12.0. The van der Waals surface area contributed by atoms with Gasteiger partial charge in [0.2, 0.25) is 0 Å². The summed E-state index contributed by atoms with van der Waals surface area (Å²) in [6.45, 7) is 0.325. The van der Waals surface area contributed by atoms with Gasteiger partial charge in [-0.25, -0.2) is 8.42 Å². The molecule has 2 atom stereocenters. The van der Waals surface area contributed by atoms with Crippen LogP contribution in [-0.2, 0) is 21.1 Å². The molecule has 0 aromatic heterocycles. The molecule has 23 heavy (non-hydrogen) atoms. The van der Waals surface area contributed by atoms with E-state index in [9.17, 15) is 13.2 Å². The molecule has 1 saturated carbocycles. The van der Waals surface area contributed by atoms with E-state index in [1.54, 1.807) is 0 Å².